The molecule has 3 aromatic rings. The second-order valence-electron chi connectivity index (χ2n) is 7.86. The first-order valence-electron chi connectivity index (χ1n) is 10.6. The van der Waals surface area contributed by atoms with E-state index in [0.717, 1.165) is 22.3 Å². The van der Waals surface area contributed by atoms with Crippen molar-refractivity contribution in [2.24, 2.45) is 7.05 Å². The molecule has 0 saturated heterocycles. The second-order valence-corrected chi connectivity index (χ2v) is 10.2. The number of aryl methyl sites for hydroxylation is 1. The molecule has 1 heterocycles. The van der Waals surface area contributed by atoms with E-state index in [1.165, 1.54) is 0 Å². The van der Waals surface area contributed by atoms with E-state index >= 15 is 0 Å². The fraction of sp³-hybridized carbons (Fsp3) is 0.280. The van der Waals surface area contributed by atoms with Crippen LogP contribution in [0.1, 0.15) is 42.4 Å². The molecule has 0 atom stereocenters. The molecule has 8 heteroatoms. The smallest absolute Gasteiger partial charge is 0.355 e. The molecule has 172 valence electrons. The van der Waals surface area contributed by atoms with Crippen LogP contribution in [0.25, 0.3) is 22.3 Å². The van der Waals surface area contributed by atoms with Gasteiger partial charge in [0.1, 0.15) is 11.8 Å². The summed E-state index contributed by atoms with van der Waals surface area (Å²) in [4.78, 5) is 12.5. The summed E-state index contributed by atoms with van der Waals surface area (Å²) in [5.74, 6) is -0.483. The molecule has 0 saturated carbocycles. The summed E-state index contributed by atoms with van der Waals surface area (Å²) in [6.45, 7) is 5.43. The molecule has 3 rings (SSSR count). The highest BCUT2D eigenvalue weighted by atomic mass is 32.2. The standard InChI is InChI=1S/C25H27N3O4S/c1-5-32-25(29)24-23(21(14-26)16-28(24)4)19-12-10-18(11-13-19)22-9-7-6-8-20(22)15-27-33(30,31)17(2)3/h6-13,16-17,27H,5,15H2,1-4H3. The van der Waals surface area contributed by atoms with Crippen molar-refractivity contribution in [3.8, 4) is 28.3 Å². The zero-order valence-electron chi connectivity index (χ0n) is 19.1. The molecular weight excluding hydrogens is 438 g/mol. The summed E-state index contributed by atoms with van der Waals surface area (Å²) in [5.41, 5.74) is 4.60. The Morgan fingerprint density at radius 2 is 1.76 bits per heavy atom. The Bertz CT molecular complexity index is 1300. The van der Waals surface area contributed by atoms with Crippen molar-refractivity contribution in [3.05, 3.63) is 71.5 Å². The number of aromatic nitrogens is 1. The van der Waals surface area contributed by atoms with Gasteiger partial charge in [0.05, 0.1) is 17.4 Å². The minimum atomic E-state index is -3.39. The van der Waals surface area contributed by atoms with Crippen LogP contribution in [0.4, 0.5) is 0 Å². The normalized spacial score (nSPS) is 11.4. The number of carbonyl (C=O) groups is 1. The average Bonchev–Trinajstić information content (AvgIpc) is 3.14. The monoisotopic (exact) mass is 465 g/mol. The first-order chi connectivity index (χ1) is 15.7. The number of rotatable bonds is 8. The molecule has 33 heavy (non-hydrogen) atoms. The van der Waals surface area contributed by atoms with Crippen LogP contribution >= 0.6 is 0 Å². The molecule has 0 spiro atoms. The number of nitrogens with zero attached hydrogens (tertiary/aromatic N) is 2. The summed E-state index contributed by atoms with van der Waals surface area (Å²) in [6, 6.07) is 17.2. The van der Waals surface area contributed by atoms with Crippen LogP contribution in [-0.2, 0) is 28.4 Å². The number of esters is 1. The van der Waals surface area contributed by atoms with Crippen molar-refractivity contribution < 1.29 is 17.9 Å². The molecule has 0 aliphatic heterocycles. The SMILES string of the molecule is CCOC(=O)c1c(-c2ccc(-c3ccccc3CNS(=O)(=O)C(C)C)cc2)c(C#N)cn1C. The number of benzene rings is 2. The highest BCUT2D eigenvalue weighted by Crippen LogP contribution is 2.32. The number of nitriles is 1. The molecule has 0 amide bonds. The van der Waals surface area contributed by atoms with Crippen LogP contribution in [0.2, 0.25) is 0 Å². The largest absolute Gasteiger partial charge is 0.461 e. The number of nitrogens with one attached hydrogen (secondary N) is 1. The van der Waals surface area contributed by atoms with E-state index < -0.39 is 21.2 Å². The molecule has 7 nitrogen and oxygen atoms in total. The van der Waals surface area contributed by atoms with Crippen molar-refractivity contribution in [2.45, 2.75) is 32.6 Å². The maximum Gasteiger partial charge on any atom is 0.355 e. The Labute approximate surface area is 194 Å². The van der Waals surface area contributed by atoms with Gasteiger partial charge in [-0.15, -0.1) is 0 Å². The predicted molar refractivity (Wildman–Crippen MR) is 128 cm³/mol. The number of hydrogen-bond acceptors (Lipinski definition) is 5. The van der Waals surface area contributed by atoms with E-state index in [9.17, 15) is 18.5 Å². The van der Waals surface area contributed by atoms with Crippen molar-refractivity contribution in [3.63, 3.8) is 0 Å². The average molecular weight is 466 g/mol. The minimum Gasteiger partial charge on any atom is -0.461 e. The lowest BCUT2D eigenvalue weighted by atomic mass is 9.96. The predicted octanol–water partition coefficient (Wildman–Crippen LogP) is 4.24. The molecule has 1 N–H and O–H groups in total. The van der Waals surface area contributed by atoms with Crippen LogP contribution in [0.15, 0.2) is 54.7 Å². The first kappa shape index (κ1) is 24.2. The Kier molecular flexibility index (Phi) is 7.36. The van der Waals surface area contributed by atoms with Crippen molar-refractivity contribution in [2.75, 3.05) is 6.61 Å². The fourth-order valence-electron chi connectivity index (χ4n) is 3.57. The van der Waals surface area contributed by atoms with Gasteiger partial charge in [0.25, 0.3) is 0 Å². The van der Waals surface area contributed by atoms with Gasteiger partial charge in [-0.25, -0.2) is 17.9 Å². The van der Waals surface area contributed by atoms with E-state index in [-0.39, 0.29) is 13.2 Å². The van der Waals surface area contributed by atoms with Crippen molar-refractivity contribution in [1.29, 1.82) is 5.26 Å². The summed E-state index contributed by atoms with van der Waals surface area (Å²) in [6.07, 6.45) is 1.62. The van der Waals surface area contributed by atoms with Crippen molar-refractivity contribution in [1.82, 2.24) is 9.29 Å². The van der Waals surface area contributed by atoms with Crippen LogP contribution in [0, 0.1) is 11.3 Å². The quantitative estimate of drug-likeness (QED) is 0.502. The second kappa shape index (κ2) is 10.0. The summed E-state index contributed by atoms with van der Waals surface area (Å²) < 4.78 is 33.8. The van der Waals surface area contributed by atoms with Gasteiger partial charge in [-0.2, -0.15) is 5.26 Å². The van der Waals surface area contributed by atoms with E-state index in [1.807, 2.05) is 48.5 Å². The van der Waals surface area contributed by atoms with Crippen LogP contribution in [0.3, 0.4) is 0 Å². The summed E-state index contributed by atoms with van der Waals surface area (Å²) >= 11 is 0. The maximum atomic E-state index is 12.5. The fourth-order valence-corrected chi connectivity index (χ4v) is 4.26. The van der Waals surface area contributed by atoms with E-state index in [1.54, 1.807) is 38.6 Å². The van der Waals surface area contributed by atoms with Gasteiger partial charge in [-0.05, 0) is 43.0 Å². The van der Waals surface area contributed by atoms with Crippen LogP contribution in [0.5, 0.6) is 0 Å². The van der Waals surface area contributed by atoms with Gasteiger partial charge >= 0.3 is 5.97 Å². The van der Waals surface area contributed by atoms with Crippen molar-refractivity contribution >= 4 is 16.0 Å². The third-order valence-electron chi connectivity index (χ3n) is 5.36. The van der Waals surface area contributed by atoms with Gasteiger partial charge < -0.3 is 9.30 Å². The summed E-state index contributed by atoms with van der Waals surface area (Å²) in [5, 5.41) is 9.07. The van der Waals surface area contributed by atoms with Gasteiger partial charge in [0.15, 0.2) is 0 Å². The van der Waals surface area contributed by atoms with Crippen LogP contribution in [-0.4, -0.2) is 30.8 Å². The molecule has 0 unspecified atom stereocenters. The molecule has 0 fully saturated rings. The molecule has 0 bridgehead atoms. The van der Waals surface area contributed by atoms with Gasteiger partial charge in [0.2, 0.25) is 10.0 Å². The Morgan fingerprint density at radius 3 is 2.36 bits per heavy atom. The summed E-state index contributed by atoms with van der Waals surface area (Å²) in [7, 11) is -1.68. The molecule has 2 aromatic carbocycles. The lowest BCUT2D eigenvalue weighted by Crippen LogP contribution is -2.30. The molecule has 0 aliphatic rings. The zero-order valence-corrected chi connectivity index (χ0v) is 19.9. The number of ether oxygens (including phenoxy) is 1. The topological polar surface area (TPSA) is 101 Å². The first-order valence-corrected chi connectivity index (χ1v) is 12.2. The van der Waals surface area contributed by atoms with E-state index in [2.05, 4.69) is 10.8 Å². The Morgan fingerprint density at radius 1 is 1.12 bits per heavy atom. The highest BCUT2D eigenvalue weighted by Gasteiger charge is 2.23. The lowest BCUT2D eigenvalue weighted by Gasteiger charge is -2.13. The lowest BCUT2D eigenvalue weighted by molar-refractivity contribution is 0.0516. The third kappa shape index (κ3) is 5.16. The third-order valence-corrected chi connectivity index (χ3v) is 7.15. The van der Waals surface area contributed by atoms with Crippen LogP contribution < -0.4 is 4.72 Å². The molecular formula is C25H27N3O4S. The number of hydrogen-bond donors (Lipinski definition) is 1. The number of sulfonamides is 1. The minimum absolute atomic E-state index is 0.183. The van der Waals surface area contributed by atoms with E-state index in [0.29, 0.717) is 16.8 Å². The van der Waals surface area contributed by atoms with E-state index in [4.69, 9.17) is 4.74 Å². The number of carbonyl (C=O) groups excluding carboxylic acids is 1. The van der Waals surface area contributed by atoms with Gasteiger partial charge in [0, 0.05) is 25.4 Å². The highest BCUT2D eigenvalue weighted by molar-refractivity contribution is 7.90. The van der Waals surface area contributed by atoms with Gasteiger partial charge in [-0.3, -0.25) is 0 Å². The zero-order chi connectivity index (χ0) is 24.2. The molecule has 1 aromatic heterocycles. The Balaban J connectivity index is 1.98. The van der Waals surface area contributed by atoms with Gasteiger partial charge in [-0.1, -0.05) is 48.5 Å². The molecule has 0 aliphatic carbocycles. The Hall–Kier alpha value is -3.41. The maximum absolute atomic E-state index is 12.5. The molecule has 0 radical (unpaired) electrons.